The number of hydrogen-bond acceptors (Lipinski definition) is 3. The van der Waals surface area contributed by atoms with Crippen molar-refractivity contribution in [2.24, 2.45) is 0 Å². The zero-order valence-corrected chi connectivity index (χ0v) is 17.0. The number of benzene rings is 1. The fraction of sp³-hybridized carbons (Fsp3) is 0.438. The van der Waals surface area contributed by atoms with Crippen LogP contribution in [0.2, 0.25) is 6.04 Å². The molecule has 0 atom stereocenters. The quantitative estimate of drug-likeness (QED) is 0.137. The van der Waals surface area contributed by atoms with Gasteiger partial charge < -0.3 is 9.47 Å². The smallest absolute Gasteiger partial charge is 0.463 e. The van der Waals surface area contributed by atoms with Gasteiger partial charge in [0, 0.05) is 6.08 Å². The van der Waals surface area contributed by atoms with E-state index in [-0.39, 0.29) is 12.4 Å². The summed E-state index contributed by atoms with van der Waals surface area (Å²) in [6.45, 7) is 0.284. The van der Waals surface area contributed by atoms with Gasteiger partial charge in [0.1, 0.15) is 5.75 Å². The van der Waals surface area contributed by atoms with Crippen LogP contribution in [0.25, 0.3) is 6.08 Å². The molecular weight excluding hydrogens is 432 g/mol. The highest BCUT2D eigenvalue weighted by Crippen LogP contribution is 2.27. The summed E-state index contributed by atoms with van der Waals surface area (Å²) in [4.78, 5) is 11.6. The normalized spacial score (nSPS) is 12.4. The molecule has 3 nitrogen and oxygen atoms in total. The van der Waals surface area contributed by atoms with Gasteiger partial charge in [-0.05, 0) is 36.2 Å². The van der Waals surface area contributed by atoms with E-state index in [9.17, 15) is 18.0 Å². The molecule has 0 bridgehead atoms. The Morgan fingerprint density at radius 3 is 2.23 bits per heavy atom. The minimum atomic E-state index is -4.73. The highest BCUT2D eigenvalue weighted by Gasteiger charge is 2.30. The summed E-state index contributed by atoms with van der Waals surface area (Å²) < 4.78 is 44.9. The number of ether oxygens (including phenoxy) is 2. The number of esters is 1. The third kappa shape index (κ3) is 12.5. The van der Waals surface area contributed by atoms with Crippen LogP contribution in [0.3, 0.4) is 0 Å². The molecule has 0 saturated heterocycles. The van der Waals surface area contributed by atoms with Crippen LogP contribution in [0, 0.1) is 0 Å². The number of halogens is 6. The number of carbonyl (C=O) groups is 1. The number of rotatable bonds is 10. The van der Waals surface area contributed by atoms with E-state index in [2.05, 4.69) is 4.74 Å². The average molecular weight is 450 g/mol. The summed E-state index contributed by atoms with van der Waals surface area (Å²) >= 11 is 17.3. The van der Waals surface area contributed by atoms with Crippen LogP contribution in [-0.4, -0.2) is 24.9 Å². The largest absolute Gasteiger partial charge is 0.573 e. The third-order valence-electron chi connectivity index (χ3n) is 3.12. The van der Waals surface area contributed by atoms with E-state index in [0.29, 0.717) is 18.0 Å². The van der Waals surface area contributed by atoms with Gasteiger partial charge in [-0.2, -0.15) is 0 Å². The molecule has 0 unspecified atom stereocenters. The van der Waals surface area contributed by atoms with Crippen molar-refractivity contribution in [1.29, 1.82) is 0 Å². The van der Waals surface area contributed by atoms with Gasteiger partial charge in [0.15, 0.2) is 0 Å². The predicted octanol–water partition coefficient (Wildman–Crippen LogP) is 6.36. The zero-order valence-electron chi connectivity index (χ0n) is 13.7. The number of alkyl halides is 3. The molecule has 1 rings (SSSR count). The fourth-order valence-electron chi connectivity index (χ4n) is 1.95. The molecule has 0 spiro atoms. The summed E-state index contributed by atoms with van der Waals surface area (Å²) in [7, 11) is 0. The van der Waals surface area contributed by atoms with Gasteiger partial charge in [-0.1, -0.05) is 31.4 Å². The second kappa shape index (κ2) is 11.1. The minimum absolute atomic E-state index is 0.284. The Labute approximate surface area is 165 Å². The Bertz CT molecular complexity index is 587. The molecule has 146 valence electrons. The van der Waals surface area contributed by atoms with E-state index in [1.807, 2.05) is 0 Å². The van der Waals surface area contributed by atoms with E-state index in [1.165, 1.54) is 36.4 Å². The zero-order chi connectivity index (χ0) is 19.6. The number of carbonyl (C=O) groups excluding carboxylic acids is 1. The molecule has 0 amide bonds. The van der Waals surface area contributed by atoms with Gasteiger partial charge in [0.05, 0.1) is 6.61 Å². The Morgan fingerprint density at radius 2 is 1.65 bits per heavy atom. The van der Waals surface area contributed by atoms with Crippen LogP contribution in [0.4, 0.5) is 13.2 Å². The Hall–Kier alpha value is -0.893. The molecule has 0 radical (unpaired) electrons. The first kappa shape index (κ1) is 23.1. The summed E-state index contributed by atoms with van der Waals surface area (Å²) in [5.41, 5.74) is 0.548. The molecule has 0 N–H and O–H groups in total. The van der Waals surface area contributed by atoms with E-state index >= 15 is 0 Å². The van der Waals surface area contributed by atoms with Crippen LogP contribution < -0.4 is 4.74 Å². The molecule has 26 heavy (non-hydrogen) atoms. The lowest BCUT2D eigenvalue weighted by atomic mass is 10.2. The van der Waals surface area contributed by atoms with Gasteiger partial charge in [0.25, 0.3) is 0 Å². The second-order valence-corrected chi connectivity index (χ2v) is 14.7. The van der Waals surface area contributed by atoms with Crippen molar-refractivity contribution in [3.63, 3.8) is 0 Å². The number of unbranched alkanes of at least 4 members (excludes halogenated alkanes) is 3. The second-order valence-electron chi connectivity index (χ2n) is 5.40. The summed E-state index contributed by atoms with van der Waals surface area (Å²) in [5, 5.41) is 0. The van der Waals surface area contributed by atoms with E-state index in [1.54, 1.807) is 0 Å². The standard InChI is InChI=1S/C16H18Cl3F3O3Si/c17-26(18,19)12-4-2-1-3-11-24-15(23)10-7-13-5-8-14(9-6-13)25-16(20,21)22/h5-10H,1-4,11-12H2/b10-7+. The summed E-state index contributed by atoms with van der Waals surface area (Å²) in [5.74, 6) is -0.844. The lowest BCUT2D eigenvalue weighted by Gasteiger charge is -2.08. The number of hydrogen-bond donors (Lipinski definition) is 0. The van der Waals surface area contributed by atoms with E-state index in [4.69, 9.17) is 38.0 Å². The van der Waals surface area contributed by atoms with Crippen molar-refractivity contribution in [1.82, 2.24) is 0 Å². The van der Waals surface area contributed by atoms with Crippen LogP contribution in [-0.2, 0) is 9.53 Å². The van der Waals surface area contributed by atoms with Crippen LogP contribution >= 0.6 is 33.2 Å². The van der Waals surface area contributed by atoms with Crippen molar-refractivity contribution in [3.8, 4) is 5.75 Å². The Balaban J connectivity index is 2.22. The molecular formula is C16H18Cl3F3O3Si. The van der Waals surface area contributed by atoms with E-state index < -0.39 is 18.3 Å². The topological polar surface area (TPSA) is 35.5 Å². The molecule has 0 aromatic heterocycles. The van der Waals surface area contributed by atoms with Gasteiger partial charge in [-0.25, -0.2) is 4.79 Å². The predicted molar refractivity (Wildman–Crippen MR) is 99.7 cm³/mol. The Kier molecular flexibility index (Phi) is 9.85. The molecule has 0 heterocycles. The summed E-state index contributed by atoms with van der Waals surface area (Å²) in [6.07, 6.45) is 1.26. The SMILES string of the molecule is O=C(/C=C/c1ccc(OC(F)(F)F)cc1)OCCCCCC[Si](Cl)(Cl)Cl. The molecule has 0 aliphatic carbocycles. The van der Waals surface area contributed by atoms with Gasteiger partial charge in [-0.3, -0.25) is 0 Å². The first-order valence-electron chi connectivity index (χ1n) is 7.82. The first-order chi connectivity index (χ1) is 12.1. The highest BCUT2D eigenvalue weighted by atomic mass is 35.8. The molecule has 10 heteroatoms. The maximum absolute atomic E-state index is 12.1. The molecule has 0 aliphatic heterocycles. The first-order valence-corrected chi connectivity index (χ1v) is 13.1. The third-order valence-corrected chi connectivity index (χ3v) is 5.75. The van der Waals surface area contributed by atoms with Crippen molar-refractivity contribution < 1.29 is 27.4 Å². The van der Waals surface area contributed by atoms with Gasteiger partial charge in [-0.15, -0.1) is 46.4 Å². The molecule has 0 saturated carbocycles. The molecule has 1 aromatic rings. The van der Waals surface area contributed by atoms with Crippen LogP contribution in [0.5, 0.6) is 5.75 Å². The lowest BCUT2D eigenvalue weighted by Crippen LogP contribution is -2.16. The van der Waals surface area contributed by atoms with Crippen molar-refractivity contribution in [3.05, 3.63) is 35.9 Å². The summed E-state index contributed by atoms with van der Waals surface area (Å²) in [6, 6.07) is 3.21. The molecule has 0 aliphatic rings. The molecule has 0 fully saturated rings. The minimum Gasteiger partial charge on any atom is -0.463 e. The maximum Gasteiger partial charge on any atom is 0.573 e. The van der Waals surface area contributed by atoms with Crippen molar-refractivity contribution in [2.75, 3.05) is 6.61 Å². The van der Waals surface area contributed by atoms with Crippen LogP contribution in [0.15, 0.2) is 30.3 Å². The van der Waals surface area contributed by atoms with Crippen molar-refractivity contribution in [2.45, 2.75) is 38.1 Å². The van der Waals surface area contributed by atoms with Gasteiger partial charge in [0.2, 0.25) is 0 Å². The van der Waals surface area contributed by atoms with Crippen molar-refractivity contribution >= 4 is 51.3 Å². The Morgan fingerprint density at radius 1 is 1.04 bits per heavy atom. The van der Waals surface area contributed by atoms with Crippen LogP contribution in [0.1, 0.15) is 31.2 Å². The lowest BCUT2D eigenvalue weighted by molar-refractivity contribution is -0.274. The van der Waals surface area contributed by atoms with E-state index in [0.717, 1.165) is 19.3 Å². The maximum atomic E-state index is 12.1. The molecule has 1 aromatic carbocycles. The fourth-order valence-corrected chi connectivity index (χ4v) is 3.80. The monoisotopic (exact) mass is 448 g/mol. The average Bonchev–Trinajstić information content (AvgIpc) is 2.51. The highest BCUT2D eigenvalue weighted by molar-refractivity contribution is 7.64. The van der Waals surface area contributed by atoms with Gasteiger partial charge >= 0.3 is 18.3 Å².